The van der Waals surface area contributed by atoms with Crippen molar-refractivity contribution in [2.45, 2.75) is 18.6 Å². The number of thiocarbonyl (C=S) groups is 1. The van der Waals surface area contributed by atoms with Gasteiger partial charge in [0, 0.05) is 0 Å². The van der Waals surface area contributed by atoms with Crippen LogP contribution in [0.1, 0.15) is 16.7 Å². The summed E-state index contributed by atoms with van der Waals surface area (Å²) in [6, 6.07) is 10.0. The van der Waals surface area contributed by atoms with E-state index in [4.69, 9.17) is 21.7 Å². The number of alkyl halides is 3. The lowest BCUT2D eigenvalue weighted by atomic mass is 10.1. The van der Waals surface area contributed by atoms with E-state index in [1.54, 1.807) is 24.3 Å². The number of hydrogen-bond donors (Lipinski definition) is 2. The molecule has 2 aromatic rings. The number of benzene rings is 2. The average molecular weight is 495 g/mol. The Morgan fingerprint density at radius 1 is 1.18 bits per heavy atom. The Labute approximate surface area is 196 Å². The first-order chi connectivity index (χ1) is 15.7. The zero-order valence-electron chi connectivity index (χ0n) is 16.9. The van der Waals surface area contributed by atoms with Crippen LogP contribution in [0.2, 0.25) is 0 Å². The molecular weight excluding hydrogens is 477 g/mol. The van der Waals surface area contributed by atoms with Gasteiger partial charge in [0.15, 0.2) is 0 Å². The second-order valence-corrected chi connectivity index (χ2v) is 9.05. The molecule has 2 aromatic carbocycles. The Bertz CT molecular complexity index is 1130. The number of ether oxygens (including phenoxy) is 2. The third kappa shape index (κ3) is 5.92. The molecule has 0 aromatic heterocycles. The first kappa shape index (κ1) is 23.3. The summed E-state index contributed by atoms with van der Waals surface area (Å²) < 4.78 is 52.0. The molecule has 1 atom stereocenters. The third-order valence-corrected chi connectivity index (χ3v) is 5.96. The third-order valence-electron chi connectivity index (χ3n) is 4.80. The lowest BCUT2D eigenvalue weighted by molar-refractivity contribution is -0.138. The average Bonchev–Trinajstić information content (AvgIpc) is 3.06. The first-order valence-corrected chi connectivity index (χ1v) is 11.0. The maximum Gasteiger partial charge on any atom is 0.420 e. The van der Waals surface area contributed by atoms with Crippen LogP contribution in [-0.4, -0.2) is 35.4 Å². The molecule has 11 heteroatoms. The van der Waals surface area contributed by atoms with E-state index < -0.39 is 17.6 Å². The number of morpholine rings is 1. The molecule has 6 nitrogen and oxygen atoms in total. The van der Waals surface area contributed by atoms with Gasteiger partial charge < -0.3 is 20.1 Å². The summed E-state index contributed by atoms with van der Waals surface area (Å²) in [6.45, 7) is 0.438. The molecule has 2 heterocycles. The van der Waals surface area contributed by atoms with E-state index in [-0.39, 0.29) is 44.8 Å². The van der Waals surface area contributed by atoms with Crippen molar-refractivity contribution >= 4 is 46.2 Å². The molecule has 172 valence electrons. The summed E-state index contributed by atoms with van der Waals surface area (Å²) in [5.74, 6) is -0.752. The molecule has 0 radical (unpaired) electrons. The molecule has 0 aliphatic carbocycles. The number of rotatable bonds is 5. The van der Waals surface area contributed by atoms with Crippen molar-refractivity contribution in [3.63, 3.8) is 0 Å². The molecule has 0 spiro atoms. The summed E-state index contributed by atoms with van der Waals surface area (Å²) >= 11 is 5.88. The van der Waals surface area contributed by atoms with Crippen LogP contribution in [0.4, 0.5) is 13.2 Å². The minimum Gasteiger partial charge on any atom is -0.457 e. The van der Waals surface area contributed by atoms with Gasteiger partial charge in [0.1, 0.15) is 22.4 Å². The topological polar surface area (TPSA) is 76.7 Å². The fourth-order valence-electron chi connectivity index (χ4n) is 3.34. The van der Waals surface area contributed by atoms with Crippen LogP contribution in [0, 0.1) is 0 Å². The summed E-state index contributed by atoms with van der Waals surface area (Å²) in [7, 11) is 0. The number of nitrogens with one attached hydrogen (secondary N) is 2. The van der Waals surface area contributed by atoms with Crippen molar-refractivity contribution in [2.24, 2.45) is 0 Å². The van der Waals surface area contributed by atoms with Crippen molar-refractivity contribution in [3.05, 3.63) is 64.1 Å². The number of hydrogen-bond acceptors (Lipinski definition) is 6. The van der Waals surface area contributed by atoms with Crippen LogP contribution < -0.4 is 15.4 Å². The van der Waals surface area contributed by atoms with Crippen LogP contribution >= 0.6 is 24.0 Å². The number of halogens is 3. The van der Waals surface area contributed by atoms with Gasteiger partial charge in [0.05, 0.1) is 23.1 Å². The van der Waals surface area contributed by atoms with E-state index in [1.807, 2.05) is 0 Å². The molecule has 2 aliphatic heterocycles. The van der Waals surface area contributed by atoms with Crippen molar-refractivity contribution in [3.8, 4) is 11.5 Å². The summed E-state index contributed by atoms with van der Waals surface area (Å²) in [5.41, 5.74) is 0.111. The Kier molecular flexibility index (Phi) is 6.73. The summed E-state index contributed by atoms with van der Waals surface area (Å²) in [5, 5.41) is 5.24. The largest absolute Gasteiger partial charge is 0.457 e. The predicted molar refractivity (Wildman–Crippen MR) is 121 cm³/mol. The maximum absolute atomic E-state index is 13.7. The van der Waals surface area contributed by atoms with E-state index in [1.165, 1.54) is 18.2 Å². The Hall–Kier alpha value is -2.89. The molecule has 2 amide bonds. The van der Waals surface area contributed by atoms with Crippen molar-refractivity contribution < 1.29 is 32.2 Å². The second kappa shape index (κ2) is 9.54. The van der Waals surface area contributed by atoms with Crippen LogP contribution in [0.15, 0.2) is 47.4 Å². The smallest absolute Gasteiger partial charge is 0.420 e. The lowest BCUT2D eigenvalue weighted by Gasteiger charge is -2.23. The number of carbonyl (C=O) groups is 2. The lowest BCUT2D eigenvalue weighted by Crippen LogP contribution is -2.46. The quantitative estimate of drug-likeness (QED) is 0.483. The predicted octanol–water partition coefficient (Wildman–Crippen LogP) is 4.04. The molecule has 4 rings (SSSR count). The van der Waals surface area contributed by atoms with Gasteiger partial charge in [-0.25, -0.2) is 0 Å². The maximum atomic E-state index is 13.7. The van der Waals surface area contributed by atoms with Crippen molar-refractivity contribution in [2.75, 3.05) is 13.2 Å². The van der Waals surface area contributed by atoms with E-state index in [0.717, 1.165) is 23.4 Å². The van der Waals surface area contributed by atoms with E-state index in [2.05, 4.69) is 10.6 Å². The fourth-order valence-corrected chi connectivity index (χ4v) is 4.38. The molecule has 33 heavy (non-hydrogen) atoms. The van der Waals surface area contributed by atoms with Crippen molar-refractivity contribution in [1.82, 2.24) is 10.6 Å². The van der Waals surface area contributed by atoms with E-state index in [9.17, 15) is 22.8 Å². The van der Waals surface area contributed by atoms with Gasteiger partial charge in [-0.1, -0.05) is 42.2 Å². The zero-order valence-corrected chi connectivity index (χ0v) is 18.5. The van der Waals surface area contributed by atoms with Crippen LogP contribution in [0.3, 0.4) is 0 Å². The molecule has 0 saturated carbocycles. The summed E-state index contributed by atoms with van der Waals surface area (Å²) in [4.78, 5) is 23.4. The van der Waals surface area contributed by atoms with Crippen molar-refractivity contribution in [1.29, 1.82) is 0 Å². The van der Waals surface area contributed by atoms with Crippen LogP contribution in [0.25, 0.3) is 6.08 Å². The monoisotopic (exact) mass is 494 g/mol. The van der Waals surface area contributed by atoms with Gasteiger partial charge in [-0.15, -0.1) is 0 Å². The van der Waals surface area contributed by atoms with Gasteiger partial charge in [-0.05, 0) is 47.9 Å². The van der Waals surface area contributed by atoms with Gasteiger partial charge in [0.25, 0.3) is 5.91 Å². The highest BCUT2D eigenvalue weighted by molar-refractivity contribution is 8.26. The van der Waals surface area contributed by atoms with E-state index >= 15 is 0 Å². The Morgan fingerprint density at radius 3 is 2.58 bits per heavy atom. The highest BCUT2D eigenvalue weighted by Gasteiger charge is 2.35. The zero-order chi connectivity index (χ0) is 23.6. The normalized spacial score (nSPS) is 20.0. The number of thioether (sulfide) groups is 1. The summed E-state index contributed by atoms with van der Waals surface area (Å²) in [6.07, 6.45) is -2.79. The van der Waals surface area contributed by atoms with E-state index in [0.29, 0.717) is 13.0 Å². The Balaban J connectivity index is 1.51. The first-order valence-electron chi connectivity index (χ1n) is 9.77. The van der Waals surface area contributed by atoms with Crippen LogP contribution in [-0.2, 0) is 26.9 Å². The SMILES string of the molecule is O=C1COCC(Cc2ccc(Oc3ccc(/C=C4/SC(=S)NC4=O)cc3C(F)(F)F)cc2)N1. The molecular formula is C22H17F3N2O4S2. The molecule has 2 N–H and O–H groups in total. The second-order valence-electron chi connectivity index (χ2n) is 7.34. The number of amides is 2. The molecule has 2 saturated heterocycles. The van der Waals surface area contributed by atoms with Gasteiger partial charge in [-0.3, -0.25) is 9.59 Å². The van der Waals surface area contributed by atoms with Gasteiger partial charge >= 0.3 is 6.18 Å². The van der Waals surface area contributed by atoms with Gasteiger partial charge in [-0.2, -0.15) is 13.2 Å². The molecule has 2 fully saturated rings. The highest BCUT2D eigenvalue weighted by atomic mass is 32.2. The minimum absolute atomic E-state index is 0.0418. The van der Waals surface area contributed by atoms with Crippen LogP contribution in [0.5, 0.6) is 11.5 Å². The number of carbonyl (C=O) groups excluding carboxylic acids is 2. The highest BCUT2D eigenvalue weighted by Crippen LogP contribution is 2.39. The molecule has 1 unspecified atom stereocenters. The van der Waals surface area contributed by atoms with Gasteiger partial charge in [0.2, 0.25) is 5.91 Å². The molecule has 2 aliphatic rings. The molecule has 0 bridgehead atoms. The minimum atomic E-state index is -4.66. The fraction of sp³-hybridized carbons (Fsp3) is 0.227. The standard InChI is InChI=1S/C22H17F3N2O4S2/c23-22(24,25)16-8-13(9-18-20(29)27-21(32)33-18)3-6-17(16)31-15-4-1-12(2-5-15)7-14-10-30-11-19(28)26-14/h1-6,8-9,14H,7,10-11H2,(H,26,28)(H,27,29,32)/b18-9+. The Morgan fingerprint density at radius 2 is 1.94 bits per heavy atom.